The van der Waals surface area contributed by atoms with E-state index in [0.29, 0.717) is 16.9 Å². The molecule has 6 heteroatoms. The largest absolute Gasteiger partial charge is 0.368 e. The lowest BCUT2D eigenvalue weighted by Gasteiger charge is -2.29. The van der Waals surface area contributed by atoms with Gasteiger partial charge in [-0.1, -0.05) is 0 Å². The van der Waals surface area contributed by atoms with Crippen LogP contribution in [-0.4, -0.2) is 41.6 Å². The summed E-state index contributed by atoms with van der Waals surface area (Å²) in [5.74, 6) is 0.592. The van der Waals surface area contributed by atoms with Crippen LogP contribution in [0.5, 0.6) is 0 Å². The Hall–Kier alpha value is -0.720. The second kappa shape index (κ2) is 4.42. The Balaban J connectivity index is 2.21. The van der Waals surface area contributed by atoms with E-state index in [2.05, 4.69) is 30.8 Å². The first kappa shape index (κ1) is 10.8. The molecule has 1 aromatic heterocycles. The molecule has 0 saturated carbocycles. The van der Waals surface area contributed by atoms with Crippen LogP contribution >= 0.6 is 15.9 Å². The Labute approximate surface area is 95.6 Å². The maximum atomic E-state index is 11.4. The van der Waals surface area contributed by atoms with Crippen molar-refractivity contribution in [2.24, 2.45) is 0 Å². The zero-order valence-corrected chi connectivity index (χ0v) is 9.95. The molecule has 0 radical (unpaired) electrons. The Kier molecular flexibility index (Phi) is 3.18. The van der Waals surface area contributed by atoms with E-state index in [-0.39, 0.29) is 11.7 Å². The zero-order chi connectivity index (χ0) is 10.8. The minimum atomic E-state index is -0.170. The van der Waals surface area contributed by atoms with E-state index in [0.717, 1.165) is 13.1 Å². The molecule has 0 amide bonds. The lowest BCUT2D eigenvalue weighted by molar-refractivity contribution is -0.0256. The number of rotatable bonds is 1. The SMILES string of the molecule is CN1CCOC(c2ncc(Br)c(=O)[nH]2)C1. The highest BCUT2D eigenvalue weighted by atomic mass is 79.9. The van der Waals surface area contributed by atoms with Gasteiger partial charge >= 0.3 is 0 Å². The summed E-state index contributed by atoms with van der Waals surface area (Å²) in [7, 11) is 2.02. The average molecular weight is 274 g/mol. The number of aromatic nitrogens is 2. The Morgan fingerprint density at radius 1 is 1.73 bits per heavy atom. The number of nitrogens with zero attached hydrogens (tertiary/aromatic N) is 2. The van der Waals surface area contributed by atoms with Crippen molar-refractivity contribution in [1.82, 2.24) is 14.9 Å². The van der Waals surface area contributed by atoms with Crippen LogP contribution in [0.15, 0.2) is 15.5 Å². The summed E-state index contributed by atoms with van der Waals surface area (Å²) in [6.07, 6.45) is 1.37. The van der Waals surface area contributed by atoms with Gasteiger partial charge in [0.25, 0.3) is 5.56 Å². The quantitative estimate of drug-likeness (QED) is 0.811. The van der Waals surface area contributed by atoms with Crippen LogP contribution in [0.2, 0.25) is 0 Å². The van der Waals surface area contributed by atoms with Crippen LogP contribution in [0.1, 0.15) is 11.9 Å². The summed E-state index contributed by atoms with van der Waals surface area (Å²) in [6, 6.07) is 0. The lowest BCUT2D eigenvalue weighted by Crippen LogP contribution is -2.36. The number of hydrogen-bond donors (Lipinski definition) is 1. The summed E-state index contributed by atoms with van der Waals surface area (Å²) in [5.41, 5.74) is -0.170. The molecule has 0 bridgehead atoms. The van der Waals surface area contributed by atoms with Crippen molar-refractivity contribution in [1.29, 1.82) is 0 Å². The molecule has 1 fully saturated rings. The van der Waals surface area contributed by atoms with Crippen LogP contribution in [0.3, 0.4) is 0 Å². The number of aromatic amines is 1. The predicted octanol–water partition coefficient (Wildman–Crippen LogP) is 0.535. The van der Waals surface area contributed by atoms with Gasteiger partial charge in [0.05, 0.1) is 6.61 Å². The number of halogens is 1. The van der Waals surface area contributed by atoms with E-state index in [1.54, 1.807) is 0 Å². The Bertz CT molecular complexity index is 407. The first-order chi connectivity index (χ1) is 7.16. The maximum absolute atomic E-state index is 11.4. The first-order valence-corrected chi connectivity index (χ1v) is 5.51. The molecule has 1 aliphatic rings. The van der Waals surface area contributed by atoms with E-state index >= 15 is 0 Å². The van der Waals surface area contributed by atoms with Gasteiger partial charge in [-0.25, -0.2) is 4.98 Å². The van der Waals surface area contributed by atoms with E-state index in [4.69, 9.17) is 4.74 Å². The summed E-state index contributed by atoms with van der Waals surface area (Å²) >= 11 is 3.11. The van der Waals surface area contributed by atoms with Crippen LogP contribution in [0.25, 0.3) is 0 Å². The van der Waals surface area contributed by atoms with E-state index in [1.807, 2.05) is 7.05 Å². The molecule has 82 valence electrons. The van der Waals surface area contributed by atoms with Gasteiger partial charge in [0.2, 0.25) is 0 Å². The van der Waals surface area contributed by atoms with E-state index in [9.17, 15) is 4.79 Å². The molecule has 1 aliphatic heterocycles. The first-order valence-electron chi connectivity index (χ1n) is 4.71. The molecular formula is C9H12BrN3O2. The summed E-state index contributed by atoms with van der Waals surface area (Å²) in [5, 5.41) is 0. The van der Waals surface area contributed by atoms with Crippen LogP contribution in [-0.2, 0) is 4.74 Å². The standard InChI is InChI=1S/C9H12BrN3O2/c1-13-2-3-15-7(5-13)8-11-4-6(10)9(14)12-8/h4,7H,2-3,5H2,1H3,(H,11,12,14). The van der Waals surface area contributed by atoms with Crippen molar-refractivity contribution in [2.75, 3.05) is 26.7 Å². The smallest absolute Gasteiger partial charge is 0.265 e. The fraction of sp³-hybridized carbons (Fsp3) is 0.556. The molecule has 15 heavy (non-hydrogen) atoms. The molecule has 5 nitrogen and oxygen atoms in total. The fourth-order valence-corrected chi connectivity index (χ4v) is 1.70. The molecular weight excluding hydrogens is 262 g/mol. The zero-order valence-electron chi connectivity index (χ0n) is 8.36. The molecule has 0 aromatic carbocycles. The summed E-state index contributed by atoms with van der Waals surface area (Å²) in [6.45, 7) is 2.34. The number of nitrogens with one attached hydrogen (secondary N) is 1. The molecule has 0 spiro atoms. The molecule has 1 unspecified atom stereocenters. The number of hydrogen-bond acceptors (Lipinski definition) is 4. The molecule has 1 atom stereocenters. The monoisotopic (exact) mass is 273 g/mol. The fourth-order valence-electron chi connectivity index (χ4n) is 1.50. The Morgan fingerprint density at radius 3 is 3.20 bits per heavy atom. The Morgan fingerprint density at radius 2 is 2.53 bits per heavy atom. The second-order valence-electron chi connectivity index (χ2n) is 3.57. The highest BCUT2D eigenvalue weighted by Crippen LogP contribution is 2.17. The van der Waals surface area contributed by atoms with Crippen molar-refractivity contribution in [3.05, 3.63) is 26.8 Å². The third kappa shape index (κ3) is 2.45. The summed E-state index contributed by atoms with van der Waals surface area (Å²) < 4.78 is 5.98. The van der Waals surface area contributed by atoms with Gasteiger partial charge in [-0.15, -0.1) is 0 Å². The number of likely N-dealkylation sites (N-methyl/N-ethyl adjacent to an activating group) is 1. The molecule has 2 heterocycles. The number of morpholine rings is 1. The third-order valence-corrected chi connectivity index (χ3v) is 2.91. The van der Waals surface area contributed by atoms with Gasteiger partial charge in [0, 0.05) is 19.3 Å². The number of ether oxygens (including phenoxy) is 1. The van der Waals surface area contributed by atoms with Gasteiger partial charge in [0.15, 0.2) is 0 Å². The minimum Gasteiger partial charge on any atom is -0.368 e. The van der Waals surface area contributed by atoms with Crippen LogP contribution in [0, 0.1) is 0 Å². The van der Waals surface area contributed by atoms with Gasteiger partial charge in [-0.05, 0) is 23.0 Å². The van der Waals surface area contributed by atoms with E-state index < -0.39 is 0 Å². The number of H-pyrrole nitrogens is 1. The molecule has 1 saturated heterocycles. The lowest BCUT2D eigenvalue weighted by atomic mass is 10.2. The van der Waals surface area contributed by atoms with Crippen molar-refractivity contribution in [3.63, 3.8) is 0 Å². The third-order valence-electron chi connectivity index (χ3n) is 2.35. The predicted molar refractivity (Wildman–Crippen MR) is 58.7 cm³/mol. The van der Waals surface area contributed by atoms with Gasteiger partial charge in [-0.2, -0.15) is 0 Å². The van der Waals surface area contributed by atoms with Crippen molar-refractivity contribution < 1.29 is 4.74 Å². The van der Waals surface area contributed by atoms with Crippen molar-refractivity contribution in [2.45, 2.75) is 6.10 Å². The molecule has 1 aromatic rings. The van der Waals surface area contributed by atoms with Gasteiger partial charge < -0.3 is 14.6 Å². The van der Waals surface area contributed by atoms with Gasteiger partial charge in [0.1, 0.15) is 16.4 Å². The molecule has 0 aliphatic carbocycles. The topological polar surface area (TPSA) is 58.2 Å². The highest BCUT2D eigenvalue weighted by molar-refractivity contribution is 9.10. The van der Waals surface area contributed by atoms with Crippen LogP contribution < -0.4 is 5.56 Å². The van der Waals surface area contributed by atoms with Gasteiger partial charge in [-0.3, -0.25) is 4.79 Å². The van der Waals surface area contributed by atoms with Crippen molar-refractivity contribution in [3.8, 4) is 0 Å². The minimum absolute atomic E-state index is 0.135. The molecule has 2 rings (SSSR count). The summed E-state index contributed by atoms with van der Waals surface area (Å²) in [4.78, 5) is 20.3. The molecule has 1 N–H and O–H groups in total. The van der Waals surface area contributed by atoms with E-state index in [1.165, 1.54) is 6.20 Å². The highest BCUT2D eigenvalue weighted by Gasteiger charge is 2.21. The normalized spacial score (nSPS) is 22.9. The van der Waals surface area contributed by atoms with Crippen molar-refractivity contribution >= 4 is 15.9 Å². The maximum Gasteiger partial charge on any atom is 0.265 e. The second-order valence-corrected chi connectivity index (χ2v) is 4.42. The van der Waals surface area contributed by atoms with Crippen LogP contribution in [0.4, 0.5) is 0 Å². The average Bonchev–Trinajstić information content (AvgIpc) is 2.22.